The van der Waals surface area contributed by atoms with Crippen LogP contribution in [0.25, 0.3) is 10.9 Å². The average Bonchev–Trinajstić information content (AvgIpc) is 2.58. The van der Waals surface area contributed by atoms with E-state index in [2.05, 4.69) is 20.3 Å². The molecule has 2 heterocycles. The normalized spacial score (nSPS) is 10.5. The van der Waals surface area contributed by atoms with Crippen molar-refractivity contribution in [1.29, 1.82) is 0 Å². The smallest absolute Gasteiger partial charge is 0.271 e. The molecular weight excluding hydrogens is 282 g/mol. The van der Waals surface area contributed by atoms with E-state index in [0.717, 1.165) is 0 Å². The van der Waals surface area contributed by atoms with E-state index in [1.165, 1.54) is 29.5 Å². The summed E-state index contributed by atoms with van der Waals surface area (Å²) in [7, 11) is 0. The minimum absolute atomic E-state index is 0.126. The Labute approximate surface area is 125 Å². The molecule has 0 saturated heterocycles. The first-order valence-electron chi connectivity index (χ1n) is 6.74. The second-order valence-electron chi connectivity index (χ2n) is 4.61. The number of nitrogens with one attached hydrogen (secondary N) is 1. The van der Waals surface area contributed by atoms with Crippen LogP contribution in [0.15, 0.2) is 54.0 Å². The Morgan fingerprint density at radius 1 is 1.18 bits per heavy atom. The van der Waals surface area contributed by atoms with E-state index in [9.17, 15) is 9.59 Å². The summed E-state index contributed by atoms with van der Waals surface area (Å²) < 4.78 is 1.47. The predicted molar refractivity (Wildman–Crippen MR) is 80.4 cm³/mol. The van der Waals surface area contributed by atoms with Crippen molar-refractivity contribution in [2.24, 2.45) is 0 Å². The maximum Gasteiger partial charge on any atom is 0.271 e. The highest BCUT2D eigenvalue weighted by Gasteiger charge is 2.07. The van der Waals surface area contributed by atoms with Gasteiger partial charge < -0.3 is 5.32 Å². The van der Waals surface area contributed by atoms with E-state index >= 15 is 0 Å². The highest BCUT2D eigenvalue weighted by molar-refractivity contribution is 5.91. The van der Waals surface area contributed by atoms with Crippen molar-refractivity contribution in [2.45, 2.75) is 6.54 Å². The number of nitrogens with zero attached hydrogens (tertiary/aromatic N) is 4. The molecule has 1 aromatic carbocycles. The van der Waals surface area contributed by atoms with Crippen LogP contribution in [-0.2, 0) is 6.54 Å². The summed E-state index contributed by atoms with van der Waals surface area (Å²) in [6.07, 6.45) is 5.82. The molecule has 0 aliphatic carbocycles. The molecule has 7 nitrogen and oxygen atoms in total. The van der Waals surface area contributed by atoms with E-state index in [0.29, 0.717) is 24.0 Å². The molecule has 3 aromatic rings. The number of amides is 1. The summed E-state index contributed by atoms with van der Waals surface area (Å²) in [5.74, 6) is -0.324. The van der Waals surface area contributed by atoms with E-state index in [4.69, 9.17) is 0 Å². The first-order valence-corrected chi connectivity index (χ1v) is 6.74. The number of hydrogen-bond acceptors (Lipinski definition) is 5. The van der Waals surface area contributed by atoms with Gasteiger partial charge in [-0.05, 0) is 12.1 Å². The molecule has 0 bridgehead atoms. The fourth-order valence-corrected chi connectivity index (χ4v) is 2.06. The number of carbonyl (C=O) groups is 1. The van der Waals surface area contributed by atoms with Crippen LogP contribution in [0.2, 0.25) is 0 Å². The molecule has 22 heavy (non-hydrogen) atoms. The predicted octanol–water partition coefficient (Wildman–Crippen LogP) is 0.616. The van der Waals surface area contributed by atoms with Crippen LogP contribution in [-0.4, -0.2) is 32.0 Å². The third kappa shape index (κ3) is 2.83. The molecule has 1 amide bonds. The lowest BCUT2D eigenvalue weighted by Gasteiger charge is -2.07. The van der Waals surface area contributed by atoms with Gasteiger partial charge in [-0.3, -0.25) is 19.1 Å². The summed E-state index contributed by atoms with van der Waals surface area (Å²) in [5.41, 5.74) is 0.776. The van der Waals surface area contributed by atoms with Crippen LogP contribution in [0, 0.1) is 0 Å². The van der Waals surface area contributed by atoms with Gasteiger partial charge >= 0.3 is 0 Å². The average molecular weight is 295 g/mol. The van der Waals surface area contributed by atoms with Crippen LogP contribution in [0.1, 0.15) is 10.5 Å². The van der Waals surface area contributed by atoms with Crippen LogP contribution in [0.4, 0.5) is 0 Å². The number of para-hydroxylation sites is 1. The SMILES string of the molecule is O=C(NCCn1cnc2ccccc2c1=O)c1cnccn1. The van der Waals surface area contributed by atoms with Crippen molar-refractivity contribution in [3.63, 3.8) is 0 Å². The molecule has 3 rings (SSSR count). The third-order valence-corrected chi connectivity index (χ3v) is 3.17. The summed E-state index contributed by atoms with van der Waals surface area (Å²) >= 11 is 0. The highest BCUT2D eigenvalue weighted by atomic mass is 16.2. The van der Waals surface area contributed by atoms with Crippen molar-refractivity contribution < 1.29 is 4.79 Å². The summed E-state index contributed by atoms with van der Waals surface area (Å²) in [6, 6.07) is 7.15. The van der Waals surface area contributed by atoms with Gasteiger partial charge in [0.1, 0.15) is 5.69 Å². The number of fused-ring (bicyclic) bond motifs is 1. The number of carbonyl (C=O) groups excluding carboxylic acids is 1. The molecule has 0 radical (unpaired) electrons. The molecule has 0 spiro atoms. The van der Waals surface area contributed by atoms with E-state index in [1.54, 1.807) is 18.2 Å². The Hall–Kier alpha value is -3.09. The first kappa shape index (κ1) is 13.9. The maximum atomic E-state index is 12.3. The second-order valence-corrected chi connectivity index (χ2v) is 4.61. The Bertz CT molecular complexity index is 860. The molecule has 7 heteroatoms. The lowest BCUT2D eigenvalue weighted by atomic mass is 10.2. The molecule has 0 unspecified atom stereocenters. The molecule has 0 atom stereocenters. The van der Waals surface area contributed by atoms with Gasteiger partial charge in [0.25, 0.3) is 11.5 Å². The van der Waals surface area contributed by atoms with E-state index < -0.39 is 0 Å². The number of rotatable bonds is 4. The zero-order chi connectivity index (χ0) is 15.4. The van der Waals surface area contributed by atoms with Crippen molar-refractivity contribution in [3.05, 3.63) is 65.2 Å². The summed E-state index contributed by atoms with van der Waals surface area (Å²) in [5, 5.41) is 3.25. The summed E-state index contributed by atoms with van der Waals surface area (Å²) in [4.78, 5) is 36.0. The Morgan fingerprint density at radius 2 is 2.05 bits per heavy atom. The van der Waals surface area contributed by atoms with Crippen LogP contribution in [0.3, 0.4) is 0 Å². The third-order valence-electron chi connectivity index (χ3n) is 3.17. The van der Waals surface area contributed by atoms with Gasteiger partial charge in [-0.1, -0.05) is 12.1 Å². The van der Waals surface area contributed by atoms with Crippen molar-refractivity contribution in [3.8, 4) is 0 Å². The van der Waals surface area contributed by atoms with Crippen LogP contribution < -0.4 is 10.9 Å². The molecule has 110 valence electrons. The second kappa shape index (κ2) is 6.13. The van der Waals surface area contributed by atoms with Gasteiger partial charge in [-0.15, -0.1) is 0 Å². The molecule has 0 fully saturated rings. The Morgan fingerprint density at radius 3 is 2.86 bits per heavy atom. The molecule has 2 aromatic heterocycles. The standard InChI is InChI=1S/C15H13N5O2/c21-14(13-9-16-5-6-17-13)18-7-8-20-10-19-12-4-2-1-3-11(12)15(20)22/h1-6,9-10H,7-8H2,(H,18,21). The molecule has 0 aliphatic heterocycles. The quantitative estimate of drug-likeness (QED) is 0.762. The zero-order valence-corrected chi connectivity index (χ0v) is 11.6. The molecule has 0 aliphatic rings. The highest BCUT2D eigenvalue weighted by Crippen LogP contribution is 2.04. The lowest BCUT2D eigenvalue weighted by Crippen LogP contribution is -2.31. The zero-order valence-electron chi connectivity index (χ0n) is 11.6. The number of aromatic nitrogens is 4. The van der Waals surface area contributed by atoms with Crippen molar-refractivity contribution in [1.82, 2.24) is 24.8 Å². The maximum absolute atomic E-state index is 12.3. The molecular formula is C15H13N5O2. The minimum atomic E-state index is -0.324. The monoisotopic (exact) mass is 295 g/mol. The topological polar surface area (TPSA) is 89.8 Å². The molecule has 1 N–H and O–H groups in total. The Kier molecular flexibility index (Phi) is 3.86. The van der Waals surface area contributed by atoms with E-state index in [-0.39, 0.29) is 17.2 Å². The van der Waals surface area contributed by atoms with Gasteiger partial charge in [0.2, 0.25) is 0 Å². The van der Waals surface area contributed by atoms with E-state index in [1.807, 2.05) is 6.07 Å². The molecule has 0 saturated carbocycles. The number of benzene rings is 1. The lowest BCUT2D eigenvalue weighted by molar-refractivity contribution is 0.0946. The largest absolute Gasteiger partial charge is 0.349 e. The fraction of sp³-hybridized carbons (Fsp3) is 0.133. The van der Waals surface area contributed by atoms with Crippen molar-refractivity contribution >= 4 is 16.8 Å². The van der Waals surface area contributed by atoms with Crippen molar-refractivity contribution in [2.75, 3.05) is 6.54 Å². The minimum Gasteiger partial charge on any atom is -0.349 e. The van der Waals surface area contributed by atoms with Crippen LogP contribution in [0.5, 0.6) is 0 Å². The first-order chi connectivity index (χ1) is 10.8. The van der Waals surface area contributed by atoms with Gasteiger partial charge in [-0.25, -0.2) is 9.97 Å². The number of hydrogen-bond donors (Lipinski definition) is 1. The van der Waals surface area contributed by atoms with Gasteiger partial charge in [0, 0.05) is 25.5 Å². The van der Waals surface area contributed by atoms with Crippen LogP contribution >= 0.6 is 0 Å². The van der Waals surface area contributed by atoms with Gasteiger partial charge in [-0.2, -0.15) is 0 Å². The Balaban J connectivity index is 1.68. The van der Waals surface area contributed by atoms with Gasteiger partial charge in [0.15, 0.2) is 0 Å². The summed E-state index contributed by atoms with van der Waals surface area (Å²) in [6.45, 7) is 0.637. The fourth-order valence-electron chi connectivity index (χ4n) is 2.06. The van der Waals surface area contributed by atoms with Gasteiger partial charge in [0.05, 0.1) is 23.4 Å².